The molecule has 0 aliphatic carbocycles. The quantitative estimate of drug-likeness (QED) is 0.644. The number of allylic oxidation sites excluding steroid dienone is 1. The van der Waals surface area contributed by atoms with E-state index in [1.54, 1.807) is 12.4 Å². The van der Waals surface area contributed by atoms with E-state index in [0.29, 0.717) is 11.6 Å². The Morgan fingerprint density at radius 1 is 1.36 bits per heavy atom. The molecular weight excluding hydrogens is 350 g/mol. The van der Waals surface area contributed by atoms with Crippen molar-refractivity contribution >= 4 is 23.6 Å². The van der Waals surface area contributed by atoms with Crippen LogP contribution in [0.1, 0.15) is 23.6 Å². The number of aromatic nitrogens is 1. The zero-order valence-corrected chi connectivity index (χ0v) is 16.1. The first-order valence-electron chi connectivity index (χ1n) is 9.42. The molecule has 1 aromatic heterocycles. The predicted octanol–water partition coefficient (Wildman–Crippen LogP) is 3.33. The standard InChI is InChI=1S/C22H27N5O/c1-17-16-28-11-10-27(17)15-18-2-4-21(5-3-18)26-9-6-19-14-25-8-7-22(19)20(12-23)13-24/h2-9,12-14,17,23,26H,10-11,15-16,24H2,1H3/b9-6+,20-13+,23-12?. The smallest absolute Gasteiger partial charge is 0.0619 e. The van der Waals surface area contributed by atoms with E-state index in [9.17, 15) is 0 Å². The van der Waals surface area contributed by atoms with Gasteiger partial charge in [0.2, 0.25) is 0 Å². The first kappa shape index (κ1) is 19.8. The second-order valence-electron chi connectivity index (χ2n) is 6.80. The Balaban J connectivity index is 1.62. The van der Waals surface area contributed by atoms with Gasteiger partial charge >= 0.3 is 0 Å². The van der Waals surface area contributed by atoms with E-state index in [4.69, 9.17) is 15.9 Å². The highest BCUT2D eigenvalue weighted by Gasteiger charge is 2.18. The van der Waals surface area contributed by atoms with Gasteiger partial charge in [0.15, 0.2) is 0 Å². The fourth-order valence-corrected chi connectivity index (χ4v) is 3.18. The van der Waals surface area contributed by atoms with Gasteiger partial charge in [0, 0.05) is 67.0 Å². The summed E-state index contributed by atoms with van der Waals surface area (Å²) in [5, 5.41) is 10.8. The summed E-state index contributed by atoms with van der Waals surface area (Å²) in [5.74, 6) is 0. The van der Waals surface area contributed by atoms with Crippen LogP contribution in [0.5, 0.6) is 0 Å². The highest BCUT2D eigenvalue weighted by molar-refractivity contribution is 6.09. The van der Waals surface area contributed by atoms with Gasteiger partial charge in [0.25, 0.3) is 0 Å². The molecule has 1 fully saturated rings. The Morgan fingerprint density at radius 2 is 2.18 bits per heavy atom. The van der Waals surface area contributed by atoms with Crippen LogP contribution in [-0.2, 0) is 11.3 Å². The van der Waals surface area contributed by atoms with E-state index < -0.39 is 0 Å². The number of benzene rings is 1. The van der Waals surface area contributed by atoms with E-state index >= 15 is 0 Å². The van der Waals surface area contributed by atoms with Gasteiger partial charge in [-0.3, -0.25) is 9.88 Å². The molecule has 1 unspecified atom stereocenters. The maximum atomic E-state index is 7.49. The van der Waals surface area contributed by atoms with E-state index in [2.05, 4.69) is 46.4 Å². The number of ether oxygens (including phenoxy) is 1. The summed E-state index contributed by atoms with van der Waals surface area (Å²) in [6.07, 6.45) is 9.93. The summed E-state index contributed by atoms with van der Waals surface area (Å²) in [5.41, 5.74) is 10.3. The van der Waals surface area contributed by atoms with Gasteiger partial charge in [-0.05, 0) is 42.3 Å². The van der Waals surface area contributed by atoms with Crippen LogP contribution in [0.15, 0.2) is 55.1 Å². The van der Waals surface area contributed by atoms with Crippen molar-refractivity contribution in [1.82, 2.24) is 9.88 Å². The number of morpholine rings is 1. The highest BCUT2D eigenvalue weighted by atomic mass is 16.5. The lowest BCUT2D eigenvalue weighted by molar-refractivity contribution is -0.00436. The van der Waals surface area contributed by atoms with Gasteiger partial charge in [0.1, 0.15) is 0 Å². The topological polar surface area (TPSA) is 87.3 Å². The molecule has 0 bridgehead atoms. The van der Waals surface area contributed by atoms with Crippen LogP contribution in [0.2, 0.25) is 0 Å². The normalized spacial score (nSPS) is 18.3. The zero-order chi connectivity index (χ0) is 19.8. The Labute approximate surface area is 166 Å². The van der Waals surface area contributed by atoms with Crippen LogP contribution in [-0.4, -0.2) is 41.9 Å². The van der Waals surface area contributed by atoms with Gasteiger partial charge in [0.05, 0.1) is 13.2 Å². The Kier molecular flexibility index (Phi) is 6.94. The molecule has 146 valence electrons. The predicted molar refractivity (Wildman–Crippen MR) is 115 cm³/mol. The average Bonchev–Trinajstić information content (AvgIpc) is 2.73. The number of nitrogens with two attached hydrogens (primary N) is 1. The van der Waals surface area contributed by atoms with Crippen LogP contribution in [0, 0.1) is 5.41 Å². The van der Waals surface area contributed by atoms with Crippen LogP contribution >= 0.6 is 0 Å². The second kappa shape index (κ2) is 9.82. The molecule has 6 heteroatoms. The van der Waals surface area contributed by atoms with Gasteiger partial charge in [-0.2, -0.15) is 0 Å². The fourth-order valence-electron chi connectivity index (χ4n) is 3.18. The number of hydrogen-bond donors (Lipinski definition) is 3. The van der Waals surface area contributed by atoms with Crippen molar-refractivity contribution in [3.63, 3.8) is 0 Å². The molecule has 2 aromatic rings. The minimum absolute atomic E-state index is 0.455. The molecule has 3 rings (SSSR count). The van der Waals surface area contributed by atoms with Crippen molar-refractivity contribution in [3.8, 4) is 0 Å². The maximum absolute atomic E-state index is 7.49. The van der Waals surface area contributed by atoms with Crippen molar-refractivity contribution in [2.75, 3.05) is 25.1 Å². The molecule has 0 saturated carbocycles. The summed E-state index contributed by atoms with van der Waals surface area (Å²) in [6, 6.07) is 10.8. The molecule has 1 saturated heterocycles. The SMILES string of the molecule is CC1COCCN1Cc1ccc(N/C=C/c2cnccc2/C(C=N)=C/N)cc1. The van der Waals surface area contributed by atoms with Crippen molar-refractivity contribution in [2.24, 2.45) is 5.73 Å². The average molecular weight is 377 g/mol. The van der Waals surface area contributed by atoms with E-state index in [1.165, 1.54) is 18.0 Å². The summed E-state index contributed by atoms with van der Waals surface area (Å²) < 4.78 is 5.50. The Hall–Kier alpha value is -2.96. The monoisotopic (exact) mass is 377 g/mol. The second-order valence-corrected chi connectivity index (χ2v) is 6.80. The molecular formula is C22H27N5O. The first-order chi connectivity index (χ1) is 13.7. The van der Waals surface area contributed by atoms with E-state index in [1.807, 2.05) is 18.3 Å². The van der Waals surface area contributed by atoms with Crippen molar-refractivity contribution in [1.29, 1.82) is 5.41 Å². The number of nitrogens with one attached hydrogen (secondary N) is 2. The van der Waals surface area contributed by atoms with Crippen molar-refractivity contribution in [3.05, 3.63) is 71.8 Å². The molecule has 28 heavy (non-hydrogen) atoms. The molecule has 1 aliphatic rings. The summed E-state index contributed by atoms with van der Waals surface area (Å²) in [7, 11) is 0. The van der Waals surface area contributed by atoms with E-state index in [-0.39, 0.29) is 0 Å². The largest absolute Gasteiger partial charge is 0.404 e. The summed E-state index contributed by atoms with van der Waals surface area (Å²) >= 11 is 0. The number of nitrogens with zero attached hydrogens (tertiary/aromatic N) is 2. The van der Waals surface area contributed by atoms with Crippen LogP contribution in [0.3, 0.4) is 0 Å². The molecule has 0 spiro atoms. The van der Waals surface area contributed by atoms with E-state index in [0.717, 1.165) is 43.1 Å². The summed E-state index contributed by atoms with van der Waals surface area (Å²) in [4.78, 5) is 6.61. The molecule has 1 aliphatic heterocycles. The van der Waals surface area contributed by atoms with Gasteiger partial charge in [-0.25, -0.2) is 0 Å². The molecule has 6 nitrogen and oxygen atoms in total. The highest BCUT2D eigenvalue weighted by Crippen LogP contribution is 2.18. The number of rotatable bonds is 7. The lowest BCUT2D eigenvalue weighted by Crippen LogP contribution is -2.42. The van der Waals surface area contributed by atoms with Crippen LogP contribution < -0.4 is 11.1 Å². The fraction of sp³-hybridized carbons (Fsp3) is 0.273. The van der Waals surface area contributed by atoms with Crippen molar-refractivity contribution < 1.29 is 4.74 Å². The number of pyridine rings is 1. The third-order valence-electron chi connectivity index (χ3n) is 4.86. The summed E-state index contributed by atoms with van der Waals surface area (Å²) in [6.45, 7) is 5.74. The van der Waals surface area contributed by atoms with Crippen molar-refractivity contribution in [2.45, 2.75) is 19.5 Å². The van der Waals surface area contributed by atoms with Gasteiger partial charge in [-0.15, -0.1) is 0 Å². The molecule has 1 aromatic carbocycles. The molecule has 1 atom stereocenters. The van der Waals surface area contributed by atoms with Crippen LogP contribution in [0.25, 0.3) is 11.6 Å². The third kappa shape index (κ3) is 5.06. The minimum Gasteiger partial charge on any atom is -0.404 e. The number of hydrogen-bond acceptors (Lipinski definition) is 6. The third-order valence-corrected chi connectivity index (χ3v) is 4.86. The lowest BCUT2D eigenvalue weighted by atomic mass is 10.0. The Morgan fingerprint density at radius 3 is 2.89 bits per heavy atom. The van der Waals surface area contributed by atoms with Gasteiger partial charge in [-0.1, -0.05) is 12.1 Å². The lowest BCUT2D eigenvalue weighted by Gasteiger charge is -2.33. The molecule has 2 heterocycles. The zero-order valence-electron chi connectivity index (χ0n) is 16.1. The minimum atomic E-state index is 0.455. The Bertz CT molecular complexity index is 844. The first-order valence-corrected chi connectivity index (χ1v) is 9.42. The number of anilines is 1. The van der Waals surface area contributed by atoms with Crippen LogP contribution in [0.4, 0.5) is 5.69 Å². The van der Waals surface area contributed by atoms with Gasteiger partial charge < -0.3 is 21.2 Å². The molecule has 4 N–H and O–H groups in total. The maximum Gasteiger partial charge on any atom is 0.0619 e. The molecule has 0 radical (unpaired) electrons. The molecule has 0 amide bonds.